The van der Waals surface area contributed by atoms with E-state index < -0.39 is 0 Å². The molecule has 72 valence electrons. The third-order valence-corrected chi connectivity index (χ3v) is 2.91. The van der Waals surface area contributed by atoms with E-state index in [0.717, 1.165) is 0 Å². The lowest BCUT2D eigenvalue weighted by atomic mass is 9.76. The van der Waals surface area contributed by atoms with Gasteiger partial charge >= 0.3 is 0 Å². The van der Waals surface area contributed by atoms with Crippen LogP contribution in [0.25, 0.3) is 0 Å². The molecular formula is C12H24. The molecule has 0 rings (SSSR count). The van der Waals surface area contributed by atoms with Gasteiger partial charge in [0.1, 0.15) is 0 Å². The number of rotatable bonds is 6. The van der Waals surface area contributed by atoms with Crippen molar-refractivity contribution in [2.75, 3.05) is 0 Å². The molecule has 1 unspecified atom stereocenters. The van der Waals surface area contributed by atoms with Gasteiger partial charge in [-0.05, 0) is 25.2 Å². The topological polar surface area (TPSA) is 0 Å². The van der Waals surface area contributed by atoms with Gasteiger partial charge < -0.3 is 0 Å². The molecule has 0 aromatic carbocycles. The molecule has 0 spiro atoms. The molecule has 0 aromatic rings. The van der Waals surface area contributed by atoms with Gasteiger partial charge in [0.15, 0.2) is 0 Å². The quantitative estimate of drug-likeness (QED) is 0.510. The molecule has 0 saturated carbocycles. The molecule has 12 heavy (non-hydrogen) atoms. The van der Waals surface area contributed by atoms with Crippen LogP contribution < -0.4 is 0 Å². The smallest absolute Gasteiger partial charge is 0.0122 e. The highest BCUT2D eigenvalue weighted by Crippen LogP contribution is 2.36. The van der Waals surface area contributed by atoms with Crippen LogP contribution in [0.1, 0.15) is 59.8 Å². The predicted molar refractivity (Wildman–Crippen MR) is 57.4 cm³/mol. The van der Waals surface area contributed by atoms with Crippen LogP contribution in [0.15, 0.2) is 12.2 Å². The summed E-state index contributed by atoms with van der Waals surface area (Å²) in [4.78, 5) is 0. The Bertz CT molecular complexity index is 135. The van der Waals surface area contributed by atoms with Crippen LogP contribution in [0.3, 0.4) is 0 Å². The summed E-state index contributed by atoms with van der Waals surface area (Å²) in [5.41, 5.74) is 1.77. The van der Waals surface area contributed by atoms with Crippen LogP contribution in [-0.2, 0) is 0 Å². The minimum Gasteiger partial charge on any atom is -0.0996 e. The van der Waals surface area contributed by atoms with Crippen molar-refractivity contribution in [3.8, 4) is 0 Å². The van der Waals surface area contributed by atoms with Crippen molar-refractivity contribution < 1.29 is 0 Å². The zero-order valence-corrected chi connectivity index (χ0v) is 9.24. The van der Waals surface area contributed by atoms with Crippen molar-refractivity contribution in [3.63, 3.8) is 0 Å². The van der Waals surface area contributed by atoms with Gasteiger partial charge in [0.2, 0.25) is 0 Å². The Balaban J connectivity index is 4.08. The van der Waals surface area contributed by atoms with Gasteiger partial charge in [-0.15, -0.1) is 0 Å². The molecule has 0 aliphatic carbocycles. The first-order valence-corrected chi connectivity index (χ1v) is 5.22. The van der Waals surface area contributed by atoms with E-state index in [1.54, 1.807) is 0 Å². The fourth-order valence-corrected chi connectivity index (χ4v) is 1.67. The van der Waals surface area contributed by atoms with Crippen LogP contribution in [0.4, 0.5) is 0 Å². The highest BCUT2D eigenvalue weighted by Gasteiger charge is 2.22. The Labute approximate surface area is 78.1 Å². The summed E-state index contributed by atoms with van der Waals surface area (Å²) in [6.45, 7) is 13.1. The van der Waals surface area contributed by atoms with Crippen molar-refractivity contribution in [3.05, 3.63) is 12.2 Å². The van der Waals surface area contributed by atoms with E-state index in [9.17, 15) is 0 Å². The maximum atomic E-state index is 4.10. The molecule has 0 nitrogen and oxygen atoms in total. The third kappa shape index (κ3) is 3.42. The Morgan fingerprint density at radius 1 is 1.17 bits per heavy atom. The molecule has 0 heteroatoms. The second-order valence-electron chi connectivity index (χ2n) is 4.19. The van der Waals surface area contributed by atoms with Crippen molar-refractivity contribution in [1.82, 2.24) is 0 Å². The lowest BCUT2D eigenvalue weighted by Gasteiger charge is -2.30. The van der Waals surface area contributed by atoms with E-state index in [0.29, 0.717) is 5.41 Å². The highest BCUT2D eigenvalue weighted by molar-refractivity contribution is 5.04. The number of hydrogen-bond acceptors (Lipinski definition) is 0. The average molecular weight is 168 g/mol. The summed E-state index contributed by atoms with van der Waals surface area (Å²) in [5.74, 6) is 0. The fraction of sp³-hybridized carbons (Fsp3) is 0.833. The highest BCUT2D eigenvalue weighted by atomic mass is 14.3. The molecule has 0 fully saturated rings. The van der Waals surface area contributed by atoms with Crippen molar-refractivity contribution >= 4 is 0 Å². The molecule has 0 aliphatic heterocycles. The molecule has 0 aromatic heterocycles. The number of unbranched alkanes of at least 4 members (excludes halogenated alkanes) is 1. The minimum absolute atomic E-state index is 0.408. The second kappa shape index (κ2) is 5.40. The van der Waals surface area contributed by atoms with Gasteiger partial charge in [-0.2, -0.15) is 0 Å². The van der Waals surface area contributed by atoms with Crippen LogP contribution in [-0.4, -0.2) is 0 Å². The summed E-state index contributed by atoms with van der Waals surface area (Å²) in [6.07, 6.45) is 6.51. The Morgan fingerprint density at radius 2 is 1.75 bits per heavy atom. The normalized spacial score (nSPS) is 15.7. The van der Waals surface area contributed by atoms with Crippen molar-refractivity contribution in [1.29, 1.82) is 0 Å². The largest absolute Gasteiger partial charge is 0.0996 e. The maximum Gasteiger partial charge on any atom is -0.0122 e. The lowest BCUT2D eigenvalue weighted by molar-refractivity contribution is 0.322. The second-order valence-corrected chi connectivity index (χ2v) is 4.19. The molecular weight excluding hydrogens is 144 g/mol. The van der Waals surface area contributed by atoms with Crippen LogP contribution >= 0.6 is 0 Å². The van der Waals surface area contributed by atoms with Crippen LogP contribution in [0.2, 0.25) is 0 Å². The monoisotopic (exact) mass is 168 g/mol. The number of allylic oxidation sites excluding steroid dienone is 1. The third-order valence-electron chi connectivity index (χ3n) is 2.91. The number of hydrogen-bond donors (Lipinski definition) is 0. The van der Waals surface area contributed by atoms with E-state index in [1.165, 1.54) is 37.7 Å². The van der Waals surface area contributed by atoms with Gasteiger partial charge in [-0.25, -0.2) is 0 Å². The summed E-state index contributed by atoms with van der Waals surface area (Å²) in [6, 6.07) is 0. The van der Waals surface area contributed by atoms with E-state index in [2.05, 4.69) is 34.3 Å². The van der Waals surface area contributed by atoms with Gasteiger partial charge in [0, 0.05) is 0 Å². The van der Waals surface area contributed by atoms with E-state index in [1.807, 2.05) is 0 Å². The Kier molecular flexibility index (Phi) is 5.28. The van der Waals surface area contributed by atoms with E-state index in [4.69, 9.17) is 0 Å². The van der Waals surface area contributed by atoms with E-state index in [-0.39, 0.29) is 0 Å². The van der Waals surface area contributed by atoms with Crippen LogP contribution in [0.5, 0.6) is 0 Å². The zero-order chi connectivity index (χ0) is 9.61. The Morgan fingerprint density at radius 3 is 2.08 bits per heavy atom. The molecule has 0 amide bonds. The van der Waals surface area contributed by atoms with Crippen LogP contribution in [0, 0.1) is 5.41 Å². The Hall–Kier alpha value is -0.260. The molecule has 0 bridgehead atoms. The summed E-state index contributed by atoms with van der Waals surface area (Å²) < 4.78 is 0. The fourth-order valence-electron chi connectivity index (χ4n) is 1.67. The predicted octanol–water partition coefficient (Wildman–Crippen LogP) is 4.56. The summed E-state index contributed by atoms with van der Waals surface area (Å²) >= 11 is 0. The van der Waals surface area contributed by atoms with Crippen molar-refractivity contribution in [2.24, 2.45) is 5.41 Å². The SMILES string of the molecule is C=C(C)C(C)(CCC)CCCC. The van der Waals surface area contributed by atoms with Crippen molar-refractivity contribution in [2.45, 2.75) is 59.8 Å². The molecule has 0 N–H and O–H groups in total. The summed E-state index contributed by atoms with van der Waals surface area (Å²) in [5, 5.41) is 0. The zero-order valence-electron chi connectivity index (χ0n) is 9.24. The molecule has 0 heterocycles. The summed E-state index contributed by atoms with van der Waals surface area (Å²) in [7, 11) is 0. The van der Waals surface area contributed by atoms with Gasteiger partial charge in [-0.1, -0.05) is 52.2 Å². The van der Waals surface area contributed by atoms with Gasteiger partial charge in [0.05, 0.1) is 0 Å². The van der Waals surface area contributed by atoms with E-state index >= 15 is 0 Å². The average Bonchev–Trinajstić information content (AvgIpc) is 2.01. The maximum absolute atomic E-state index is 4.10. The molecule has 1 atom stereocenters. The first-order valence-electron chi connectivity index (χ1n) is 5.22. The lowest BCUT2D eigenvalue weighted by Crippen LogP contribution is -2.16. The minimum atomic E-state index is 0.408. The molecule has 0 aliphatic rings. The molecule has 0 saturated heterocycles. The standard InChI is InChI=1S/C12H24/c1-6-8-10-12(5,9-7-2)11(3)4/h3,6-10H2,1-2,4-5H3. The van der Waals surface area contributed by atoms with Gasteiger partial charge in [0.25, 0.3) is 0 Å². The van der Waals surface area contributed by atoms with Gasteiger partial charge in [-0.3, -0.25) is 0 Å². The molecule has 0 radical (unpaired) electrons. The first kappa shape index (κ1) is 11.7. The first-order chi connectivity index (χ1) is 5.56.